The fourth-order valence-corrected chi connectivity index (χ4v) is 3.07. The highest BCUT2D eigenvalue weighted by Gasteiger charge is 2.08. The molecule has 0 spiro atoms. The third-order valence-corrected chi connectivity index (χ3v) is 4.28. The van der Waals surface area contributed by atoms with Gasteiger partial charge in [-0.3, -0.25) is 0 Å². The lowest BCUT2D eigenvalue weighted by Gasteiger charge is -2.12. The quantitative estimate of drug-likeness (QED) is 0.317. The zero-order chi connectivity index (χ0) is 15.7. The minimum Gasteiger partial charge on any atom is -0.0935 e. The van der Waals surface area contributed by atoms with Crippen LogP contribution in [0.5, 0.6) is 0 Å². The molecule has 0 N–H and O–H groups in total. The van der Waals surface area contributed by atoms with Crippen molar-refractivity contribution < 1.29 is 0 Å². The Morgan fingerprint density at radius 1 is 1.38 bits per heavy atom. The largest absolute Gasteiger partial charge is 0.158 e. The van der Waals surface area contributed by atoms with Crippen molar-refractivity contribution >= 4 is 56.3 Å². The Bertz CT molecular complexity index is 520. The summed E-state index contributed by atoms with van der Waals surface area (Å²) in [7, 11) is 1.08. The van der Waals surface area contributed by atoms with Crippen LogP contribution in [0.3, 0.4) is 0 Å². The number of allylic oxidation sites excluding steroid dienone is 2. The minimum absolute atomic E-state index is 0.969. The van der Waals surface area contributed by atoms with E-state index in [0.717, 1.165) is 37.4 Å². The molecule has 0 fully saturated rings. The van der Waals surface area contributed by atoms with Crippen molar-refractivity contribution in [2.45, 2.75) is 45.9 Å². The molecule has 0 bridgehead atoms. The molecule has 0 nitrogen and oxygen atoms in total. The molecular formula is C18H24BBrS. The molecule has 0 atom stereocenters. The van der Waals surface area contributed by atoms with Gasteiger partial charge in [0, 0.05) is 4.48 Å². The highest BCUT2D eigenvalue weighted by atomic mass is 79.9. The standard InChI is InChI=1S/C18H24BBrS/c1-4-8-15(5-2)16-9-10-17(14(3)20)18(13-16)19-11-6-7-12-21/h8-10,12-13,19H,3-7,11H2,1-2H3/b15-8-. The van der Waals surface area contributed by atoms with Gasteiger partial charge in [0.05, 0.1) is 0 Å². The predicted octanol–water partition coefficient (Wildman–Crippen LogP) is 5.52. The van der Waals surface area contributed by atoms with Crippen LogP contribution in [0.15, 0.2) is 30.9 Å². The van der Waals surface area contributed by atoms with Gasteiger partial charge in [0.1, 0.15) is 0 Å². The first-order chi connectivity index (χ1) is 10.1. The number of hydrogen-bond acceptors (Lipinski definition) is 1. The second kappa shape index (κ2) is 10.1. The Kier molecular flexibility index (Phi) is 8.87. The molecule has 1 rings (SSSR count). The first-order valence-corrected chi connectivity index (χ1v) is 9.01. The van der Waals surface area contributed by atoms with E-state index in [-0.39, 0.29) is 0 Å². The summed E-state index contributed by atoms with van der Waals surface area (Å²) in [5.41, 5.74) is 5.40. The maximum Gasteiger partial charge on any atom is 0.158 e. The highest BCUT2D eigenvalue weighted by Crippen LogP contribution is 2.22. The molecule has 0 saturated heterocycles. The Morgan fingerprint density at radius 2 is 2.14 bits per heavy atom. The summed E-state index contributed by atoms with van der Waals surface area (Å²) < 4.78 is 0.969. The molecule has 1 aromatic rings. The maximum atomic E-state index is 4.90. The summed E-state index contributed by atoms with van der Waals surface area (Å²) in [6.45, 7) is 8.45. The molecule has 0 aromatic heterocycles. The van der Waals surface area contributed by atoms with Gasteiger partial charge in [-0.15, -0.1) is 0 Å². The molecule has 3 heteroatoms. The molecule has 112 valence electrons. The van der Waals surface area contributed by atoms with Crippen LogP contribution < -0.4 is 5.46 Å². The van der Waals surface area contributed by atoms with E-state index in [4.69, 9.17) is 12.2 Å². The molecule has 1 aromatic carbocycles. The number of rotatable bonds is 9. The van der Waals surface area contributed by atoms with E-state index in [1.807, 2.05) is 5.37 Å². The average molecular weight is 363 g/mol. The summed E-state index contributed by atoms with van der Waals surface area (Å²) in [6, 6.07) is 6.75. The normalized spacial score (nSPS) is 11.3. The summed E-state index contributed by atoms with van der Waals surface area (Å²) in [4.78, 5) is 0. The van der Waals surface area contributed by atoms with Gasteiger partial charge in [-0.25, -0.2) is 0 Å². The lowest BCUT2D eigenvalue weighted by Crippen LogP contribution is -2.18. The zero-order valence-corrected chi connectivity index (χ0v) is 15.5. The molecule has 0 heterocycles. The van der Waals surface area contributed by atoms with E-state index < -0.39 is 0 Å². The van der Waals surface area contributed by atoms with Gasteiger partial charge in [-0.2, -0.15) is 0 Å². The molecule has 0 saturated carbocycles. The fraction of sp³-hybridized carbons (Fsp3) is 0.389. The lowest BCUT2D eigenvalue weighted by atomic mass is 9.64. The van der Waals surface area contributed by atoms with Crippen LogP contribution in [0.4, 0.5) is 0 Å². The van der Waals surface area contributed by atoms with E-state index in [2.05, 4.69) is 60.6 Å². The smallest absolute Gasteiger partial charge is 0.0935 e. The SMILES string of the molecule is C=C(Br)c1ccc(/C(=C\CC)CC)cc1BCCCC=S. The van der Waals surface area contributed by atoms with Crippen molar-refractivity contribution in [2.24, 2.45) is 0 Å². The molecule has 0 aliphatic rings. The lowest BCUT2D eigenvalue weighted by molar-refractivity contribution is 1.01. The predicted molar refractivity (Wildman–Crippen MR) is 107 cm³/mol. The number of unbranched alkanes of at least 4 members (excludes halogenated alkanes) is 1. The van der Waals surface area contributed by atoms with Crippen LogP contribution in [0.2, 0.25) is 6.32 Å². The van der Waals surface area contributed by atoms with Crippen molar-refractivity contribution in [3.63, 3.8) is 0 Å². The van der Waals surface area contributed by atoms with Crippen LogP contribution >= 0.6 is 28.1 Å². The van der Waals surface area contributed by atoms with Crippen molar-refractivity contribution in [1.82, 2.24) is 0 Å². The second-order valence-electron chi connectivity index (χ2n) is 5.18. The molecule has 21 heavy (non-hydrogen) atoms. The van der Waals surface area contributed by atoms with Crippen molar-refractivity contribution in [1.29, 1.82) is 0 Å². The number of benzene rings is 1. The molecule has 0 unspecified atom stereocenters. The van der Waals surface area contributed by atoms with Crippen LogP contribution in [-0.2, 0) is 0 Å². The van der Waals surface area contributed by atoms with E-state index in [0.29, 0.717) is 0 Å². The first-order valence-electron chi connectivity index (χ1n) is 7.74. The Labute approximate surface area is 144 Å². The highest BCUT2D eigenvalue weighted by molar-refractivity contribution is 9.15. The number of halogens is 1. The van der Waals surface area contributed by atoms with Crippen molar-refractivity contribution in [3.8, 4) is 0 Å². The summed E-state index contributed by atoms with van der Waals surface area (Å²) in [5, 5.41) is 1.83. The summed E-state index contributed by atoms with van der Waals surface area (Å²) >= 11 is 8.43. The third-order valence-electron chi connectivity index (χ3n) is 3.62. The molecule has 0 aliphatic heterocycles. The Balaban J connectivity index is 3.02. The van der Waals surface area contributed by atoms with E-state index >= 15 is 0 Å². The fourth-order valence-electron chi connectivity index (χ4n) is 2.52. The third kappa shape index (κ3) is 5.92. The Morgan fingerprint density at radius 3 is 2.71 bits per heavy atom. The molecular weight excluding hydrogens is 339 g/mol. The molecule has 0 radical (unpaired) electrons. The first kappa shape index (κ1) is 18.4. The zero-order valence-electron chi connectivity index (χ0n) is 13.1. The summed E-state index contributed by atoms with van der Waals surface area (Å²) in [6.07, 6.45) is 7.84. The van der Waals surface area contributed by atoms with Gasteiger partial charge in [0.15, 0.2) is 7.28 Å². The molecule has 0 amide bonds. The van der Waals surface area contributed by atoms with Gasteiger partial charge in [-0.1, -0.05) is 91.1 Å². The van der Waals surface area contributed by atoms with Gasteiger partial charge >= 0.3 is 0 Å². The maximum absolute atomic E-state index is 4.90. The van der Waals surface area contributed by atoms with E-state index in [9.17, 15) is 0 Å². The summed E-state index contributed by atoms with van der Waals surface area (Å²) in [5.74, 6) is 0. The topological polar surface area (TPSA) is 0 Å². The number of hydrogen-bond donors (Lipinski definition) is 0. The van der Waals surface area contributed by atoms with Gasteiger partial charge in [0.25, 0.3) is 0 Å². The van der Waals surface area contributed by atoms with Gasteiger partial charge < -0.3 is 0 Å². The van der Waals surface area contributed by atoms with Crippen LogP contribution in [0.25, 0.3) is 10.1 Å². The van der Waals surface area contributed by atoms with Gasteiger partial charge in [-0.05, 0) is 41.3 Å². The van der Waals surface area contributed by atoms with Crippen LogP contribution in [0, 0.1) is 0 Å². The minimum atomic E-state index is 0.969. The molecule has 0 aliphatic carbocycles. The monoisotopic (exact) mass is 362 g/mol. The van der Waals surface area contributed by atoms with E-state index in [1.54, 1.807) is 0 Å². The second-order valence-corrected chi connectivity index (χ2v) is 6.47. The number of thiocarbonyl (C=S) groups is 1. The van der Waals surface area contributed by atoms with E-state index in [1.165, 1.54) is 28.5 Å². The van der Waals surface area contributed by atoms with Gasteiger partial charge in [0.2, 0.25) is 0 Å². The average Bonchev–Trinajstić information content (AvgIpc) is 2.48. The Hall–Kier alpha value is -0.665. The van der Waals surface area contributed by atoms with Crippen LogP contribution in [0.1, 0.15) is 50.7 Å². The van der Waals surface area contributed by atoms with Crippen molar-refractivity contribution in [3.05, 3.63) is 42.0 Å². The van der Waals surface area contributed by atoms with Crippen LogP contribution in [-0.4, -0.2) is 12.6 Å². The van der Waals surface area contributed by atoms with Crippen molar-refractivity contribution in [2.75, 3.05) is 0 Å².